The maximum absolute atomic E-state index is 11.1. The van der Waals surface area contributed by atoms with E-state index in [0.717, 1.165) is 11.3 Å². The van der Waals surface area contributed by atoms with E-state index in [1.165, 1.54) is 0 Å². The molecule has 1 aromatic rings. The van der Waals surface area contributed by atoms with Crippen LogP contribution in [-0.4, -0.2) is 24.4 Å². The maximum Gasteiger partial charge on any atom is 0.253 e. The molecule has 0 fully saturated rings. The van der Waals surface area contributed by atoms with Crippen molar-refractivity contribution in [1.29, 1.82) is 0 Å². The van der Waals surface area contributed by atoms with Crippen molar-refractivity contribution < 1.29 is 9.53 Å². The molecule has 0 aromatic heterocycles. The lowest BCUT2D eigenvalue weighted by atomic mass is 10.1. The van der Waals surface area contributed by atoms with Gasteiger partial charge >= 0.3 is 0 Å². The van der Waals surface area contributed by atoms with Gasteiger partial charge in [0.2, 0.25) is 0 Å². The van der Waals surface area contributed by atoms with Crippen LogP contribution in [0.5, 0.6) is 5.75 Å². The van der Waals surface area contributed by atoms with E-state index in [-0.39, 0.29) is 5.91 Å². The van der Waals surface area contributed by atoms with Gasteiger partial charge in [0.1, 0.15) is 5.75 Å². The normalized spacial score (nSPS) is 10.2. The van der Waals surface area contributed by atoms with Gasteiger partial charge in [0.05, 0.1) is 7.11 Å². The lowest BCUT2D eigenvalue weighted by molar-refractivity contribution is -0.119. The fourth-order valence-electron chi connectivity index (χ4n) is 1.24. The van der Waals surface area contributed by atoms with Gasteiger partial charge in [0, 0.05) is 6.54 Å². The third-order valence-electron chi connectivity index (χ3n) is 2.05. The highest BCUT2D eigenvalue weighted by Gasteiger charge is 2.09. The molecule has 0 unspecified atom stereocenters. The Kier molecular flexibility index (Phi) is 5.43. The van der Waals surface area contributed by atoms with Crippen molar-refractivity contribution in [1.82, 2.24) is 5.32 Å². The fraction of sp³-hybridized carbons (Fsp3) is 0.364. The molecule has 0 aliphatic heterocycles. The summed E-state index contributed by atoms with van der Waals surface area (Å²) in [4.78, 5) is 10.0. The van der Waals surface area contributed by atoms with Crippen molar-refractivity contribution in [3.63, 3.8) is 0 Å². The summed E-state index contributed by atoms with van der Waals surface area (Å²) in [6.07, 6.45) is 0.712. The van der Waals surface area contributed by atoms with Gasteiger partial charge in [-0.3, -0.25) is 4.79 Å². The first-order valence-corrected chi connectivity index (χ1v) is 5.69. The molecule has 0 atom stereocenters. The van der Waals surface area contributed by atoms with Gasteiger partial charge in [-0.05, 0) is 24.1 Å². The van der Waals surface area contributed by atoms with Crippen LogP contribution in [0.15, 0.2) is 24.3 Å². The van der Waals surface area contributed by atoms with Crippen molar-refractivity contribution in [3.8, 4) is 5.75 Å². The molecule has 0 saturated heterocycles. The minimum atomic E-state index is -1.01. The Morgan fingerprint density at radius 1 is 1.50 bits per heavy atom. The second-order valence-corrected chi connectivity index (χ2v) is 4.29. The molecule has 0 radical (unpaired) electrons. The summed E-state index contributed by atoms with van der Waals surface area (Å²) in [6.45, 7) is 0.502. The lowest BCUT2D eigenvalue weighted by Gasteiger charge is -2.06. The van der Waals surface area contributed by atoms with E-state index < -0.39 is 4.84 Å². The molecule has 88 valence electrons. The Balaban J connectivity index is 2.40. The quantitative estimate of drug-likeness (QED) is 0.826. The largest absolute Gasteiger partial charge is 0.497 e. The van der Waals surface area contributed by atoms with Crippen LogP contribution in [0.25, 0.3) is 0 Å². The van der Waals surface area contributed by atoms with Crippen LogP contribution in [0.2, 0.25) is 0 Å². The summed E-state index contributed by atoms with van der Waals surface area (Å²) in [5.74, 6) is 0.433. The number of rotatable bonds is 5. The van der Waals surface area contributed by atoms with Gasteiger partial charge in [-0.1, -0.05) is 35.3 Å². The van der Waals surface area contributed by atoms with Crippen LogP contribution < -0.4 is 10.1 Å². The highest BCUT2D eigenvalue weighted by Crippen LogP contribution is 2.12. The summed E-state index contributed by atoms with van der Waals surface area (Å²) in [6, 6.07) is 7.66. The zero-order valence-corrected chi connectivity index (χ0v) is 10.4. The maximum atomic E-state index is 11.1. The Hall–Kier alpha value is -0.930. The van der Waals surface area contributed by atoms with E-state index in [9.17, 15) is 4.79 Å². The average Bonchev–Trinajstić information content (AvgIpc) is 2.29. The van der Waals surface area contributed by atoms with Crippen molar-refractivity contribution in [2.24, 2.45) is 0 Å². The number of carbonyl (C=O) groups is 1. The number of carbonyl (C=O) groups excluding carboxylic acids is 1. The first-order valence-electron chi connectivity index (χ1n) is 4.82. The zero-order chi connectivity index (χ0) is 12.0. The molecule has 0 aliphatic carbocycles. The third-order valence-corrected chi connectivity index (χ3v) is 2.44. The number of nitrogens with one attached hydrogen (secondary N) is 1. The Morgan fingerprint density at radius 2 is 2.25 bits per heavy atom. The van der Waals surface area contributed by atoms with E-state index in [4.69, 9.17) is 27.9 Å². The van der Waals surface area contributed by atoms with Gasteiger partial charge in [0.15, 0.2) is 4.84 Å². The predicted octanol–water partition coefficient (Wildman–Crippen LogP) is 2.16. The van der Waals surface area contributed by atoms with E-state index in [1.54, 1.807) is 7.11 Å². The number of hydrogen-bond acceptors (Lipinski definition) is 2. The van der Waals surface area contributed by atoms with E-state index >= 15 is 0 Å². The smallest absolute Gasteiger partial charge is 0.253 e. The molecule has 0 bridgehead atoms. The summed E-state index contributed by atoms with van der Waals surface area (Å²) < 4.78 is 5.09. The molecule has 0 heterocycles. The molecule has 1 rings (SSSR count). The van der Waals surface area contributed by atoms with E-state index in [0.29, 0.717) is 13.0 Å². The highest BCUT2D eigenvalue weighted by atomic mass is 35.5. The molecule has 0 saturated carbocycles. The standard InChI is InChI=1S/C11H13Cl2NO2/c1-16-9-4-2-3-8(7-9)5-6-14-11(15)10(12)13/h2-4,7,10H,5-6H2,1H3,(H,14,15). The van der Waals surface area contributed by atoms with Crippen molar-refractivity contribution in [3.05, 3.63) is 29.8 Å². The third kappa shape index (κ3) is 4.29. The van der Waals surface area contributed by atoms with Crippen LogP contribution in [0.3, 0.4) is 0 Å². The van der Waals surface area contributed by atoms with Gasteiger partial charge in [-0.15, -0.1) is 0 Å². The van der Waals surface area contributed by atoms with E-state index in [2.05, 4.69) is 5.32 Å². The average molecular weight is 262 g/mol. The molecule has 3 nitrogen and oxygen atoms in total. The van der Waals surface area contributed by atoms with Crippen LogP contribution in [0, 0.1) is 0 Å². The Morgan fingerprint density at radius 3 is 2.88 bits per heavy atom. The number of methoxy groups -OCH3 is 1. The predicted molar refractivity (Wildman–Crippen MR) is 65.2 cm³/mol. The Bertz CT molecular complexity index is 356. The molecule has 5 heteroatoms. The number of alkyl halides is 2. The summed E-state index contributed by atoms with van der Waals surface area (Å²) in [5, 5.41) is 2.62. The van der Waals surface area contributed by atoms with Crippen LogP contribution >= 0.6 is 23.2 Å². The molecule has 1 amide bonds. The van der Waals surface area contributed by atoms with Gasteiger partial charge < -0.3 is 10.1 Å². The highest BCUT2D eigenvalue weighted by molar-refractivity contribution is 6.53. The molecule has 1 N–H and O–H groups in total. The summed E-state index contributed by atoms with van der Waals surface area (Å²) >= 11 is 10.8. The number of ether oxygens (including phenoxy) is 1. The monoisotopic (exact) mass is 261 g/mol. The molecule has 16 heavy (non-hydrogen) atoms. The SMILES string of the molecule is COc1cccc(CCNC(=O)C(Cl)Cl)c1. The summed E-state index contributed by atoms with van der Waals surface area (Å²) in [7, 11) is 1.62. The second kappa shape index (κ2) is 6.61. The van der Waals surface area contributed by atoms with Crippen LogP contribution in [0.4, 0.5) is 0 Å². The zero-order valence-electron chi connectivity index (χ0n) is 8.87. The number of halogens is 2. The molecule has 1 aromatic carbocycles. The molecule has 0 aliphatic rings. The van der Waals surface area contributed by atoms with Crippen LogP contribution in [-0.2, 0) is 11.2 Å². The van der Waals surface area contributed by atoms with Crippen molar-refractivity contribution in [2.75, 3.05) is 13.7 Å². The molecular weight excluding hydrogens is 249 g/mol. The minimum Gasteiger partial charge on any atom is -0.497 e. The van der Waals surface area contributed by atoms with Gasteiger partial charge in [-0.2, -0.15) is 0 Å². The Labute approximate surface area is 105 Å². The summed E-state index contributed by atoms with van der Waals surface area (Å²) in [5.41, 5.74) is 1.08. The lowest BCUT2D eigenvalue weighted by Crippen LogP contribution is -2.30. The van der Waals surface area contributed by atoms with Crippen molar-refractivity contribution >= 4 is 29.1 Å². The van der Waals surface area contributed by atoms with Crippen LogP contribution in [0.1, 0.15) is 5.56 Å². The first-order chi connectivity index (χ1) is 7.63. The van der Waals surface area contributed by atoms with Crippen molar-refractivity contribution in [2.45, 2.75) is 11.3 Å². The first kappa shape index (κ1) is 13.1. The van der Waals surface area contributed by atoms with E-state index in [1.807, 2.05) is 24.3 Å². The van der Waals surface area contributed by atoms with Gasteiger partial charge in [0.25, 0.3) is 5.91 Å². The number of amides is 1. The second-order valence-electron chi connectivity index (χ2n) is 3.19. The minimum absolute atomic E-state index is 0.369. The topological polar surface area (TPSA) is 38.3 Å². The molecule has 0 spiro atoms. The number of benzene rings is 1. The fourth-order valence-corrected chi connectivity index (χ4v) is 1.39. The number of hydrogen-bond donors (Lipinski definition) is 1. The molecular formula is C11H13Cl2NO2. The van der Waals surface area contributed by atoms with Gasteiger partial charge in [-0.25, -0.2) is 0 Å².